The summed E-state index contributed by atoms with van der Waals surface area (Å²) in [5, 5.41) is 9.99. The fraction of sp³-hybridized carbons (Fsp3) is 0.111. The van der Waals surface area contributed by atoms with E-state index >= 15 is 0 Å². The Morgan fingerprint density at radius 1 is 1.14 bits per heavy atom. The predicted molar refractivity (Wildman–Crippen MR) is 84.2 cm³/mol. The van der Waals surface area contributed by atoms with Crippen LogP contribution in [0.25, 0.3) is 10.9 Å². The van der Waals surface area contributed by atoms with Crippen molar-refractivity contribution in [1.82, 2.24) is 4.98 Å². The van der Waals surface area contributed by atoms with Gasteiger partial charge in [0.25, 0.3) is 0 Å². The molecule has 0 radical (unpaired) electrons. The zero-order chi connectivity index (χ0) is 15.5. The van der Waals surface area contributed by atoms with E-state index in [1.807, 2.05) is 49.4 Å². The maximum absolute atomic E-state index is 11.2. The number of fused-ring (bicyclic) bond motifs is 1. The second-order valence-electron chi connectivity index (χ2n) is 5.04. The molecule has 0 spiro atoms. The molecule has 0 saturated heterocycles. The molecule has 0 bridgehead atoms. The molecule has 1 heterocycles. The van der Waals surface area contributed by atoms with E-state index < -0.39 is 5.97 Å². The maximum atomic E-state index is 11.2. The number of pyridine rings is 1. The van der Waals surface area contributed by atoms with E-state index in [4.69, 9.17) is 4.74 Å². The third kappa shape index (κ3) is 2.76. The fourth-order valence-corrected chi connectivity index (χ4v) is 2.30. The Morgan fingerprint density at radius 2 is 1.86 bits per heavy atom. The Kier molecular flexibility index (Phi) is 3.74. The lowest BCUT2D eigenvalue weighted by Gasteiger charge is -2.11. The molecular formula is C18H15NO3. The van der Waals surface area contributed by atoms with Gasteiger partial charge in [0.1, 0.15) is 12.4 Å². The number of aryl methyl sites for hydroxylation is 1. The Balaban J connectivity index is 1.98. The zero-order valence-electron chi connectivity index (χ0n) is 12.1. The van der Waals surface area contributed by atoms with Gasteiger partial charge >= 0.3 is 5.97 Å². The highest BCUT2D eigenvalue weighted by atomic mass is 16.5. The average Bonchev–Trinajstić information content (AvgIpc) is 2.53. The van der Waals surface area contributed by atoms with Crippen LogP contribution in [0.3, 0.4) is 0 Å². The lowest BCUT2D eigenvalue weighted by molar-refractivity contribution is 0.0690. The van der Waals surface area contributed by atoms with Gasteiger partial charge in [-0.2, -0.15) is 0 Å². The van der Waals surface area contributed by atoms with Gasteiger partial charge in [-0.15, -0.1) is 0 Å². The number of aromatic carboxylic acids is 1. The summed E-state index contributed by atoms with van der Waals surface area (Å²) in [6.07, 6.45) is 0. The molecule has 110 valence electrons. The van der Waals surface area contributed by atoms with E-state index in [9.17, 15) is 9.90 Å². The summed E-state index contributed by atoms with van der Waals surface area (Å²) in [6, 6.07) is 16.8. The van der Waals surface area contributed by atoms with E-state index in [0.717, 1.165) is 16.5 Å². The molecule has 1 N–H and O–H groups in total. The third-order valence-electron chi connectivity index (χ3n) is 3.54. The van der Waals surface area contributed by atoms with Crippen LogP contribution < -0.4 is 4.74 Å². The van der Waals surface area contributed by atoms with Crippen molar-refractivity contribution < 1.29 is 14.6 Å². The molecule has 0 saturated carbocycles. The Bertz CT molecular complexity index is 843. The van der Waals surface area contributed by atoms with Gasteiger partial charge in [0, 0.05) is 11.5 Å². The highest BCUT2D eigenvalue weighted by molar-refractivity contribution is 5.93. The number of carboxylic acids is 1. The van der Waals surface area contributed by atoms with Crippen molar-refractivity contribution >= 4 is 16.9 Å². The minimum Gasteiger partial charge on any atom is -0.488 e. The Hall–Kier alpha value is -2.88. The number of nitrogens with zero attached hydrogens (tertiary/aromatic N) is 1. The molecule has 1 aromatic heterocycles. The number of hydrogen-bond donors (Lipinski definition) is 1. The molecule has 0 atom stereocenters. The molecule has 0 fully saturated rings. The Morgan fingerprint density at radius 3 is 2.64 bits per heavy atom. The molecule has 22 heavy (non-hydrogen) atoms. The quantitative estimate of drug-likeness (QED) is 0.794. The molecule has 4 heteroatoms. The second-order valence-corrected chi connectivity index (χ2v) is 5.04. The lowest BCUT2D eigenvalue weighted by atomic mass is 10.1. The molecular weight excluding hydrogens is 278 g/mol. The standard InChI is InChI=1S/C18H15NO3/c1-12-6-2-3-7-13(12)11-22-17-10-16(18(20)21)19-15-9-5-4-8-14(15)17/h2-10H,11H2,1H3,(H,20,21). The van der Waals surface area contributed by atoms with Crippen LogP contribution in [-0.2, 0) is 6.61 Å². The van der Waals surface area contributed by atoms with Crippen LogP contribution in [-0.4, -0.2) is 16.1 Å². The van der Waals surface area contributed by atoms with Gasteiger partial charge in [-0.3, -0.25) is 0 Å². The van der Waals surface area contributed by atoms with Gasteiger partial charge in [-0.25, -0.2) is 9.78 Å². The van der Waals surface area contributed by atoms with E-state index in [0.29, 0.717) is 17.9 Å². The molecule has 3 aromatic rings. The van der Waals surface area contributed by atoms with Crippen molar-refractivity contribution in [3.05, 3.63) is 71.4 Å². The van der Waals surface area contributed by atoms with Crippen LogP contribution in [0.5, 0.6) is 5.75 Å². The van der Waals surface area contributed by atoms with Crippen LogP contribution in [0.4, 0.5) is 0 Å². The first kappa shape index (κ1) is 14.1. The van der Waals surface area contributed by atoms with Gasteiger partial charge in [-0.05, 0) is 30.2 Å². The number of hydrogen-bond acceptors (Lipinski definition) is 3. The highest BCUT2D eigenvalue weighted by Crippen LogP contribution is 2.26. The van der Waals surface area contributed by atoms with E-state index in [2.05, 4.69) is 4.98 Å². The smallest absolute Gasteiger partial charge is 0.354 e. The van der Waals surface area contributed by atoms with Gasteiger partial charge in [0.15, 0.2) is 5.69 Å². The summed E-state index contributed by atoms with van der Waals surface area (Å²) >= 11 is 0. The van der Waals surface area contributed by atoms with E-state index in [1.165, 1.54) is 6.07 Å². The molecule has 4 nitrogen and oxygen atoms in total. The molecule has 0 aliphatic rings. The molecule has 0 aliphatic carbocycles. The number of ether oxygens (including phenoxy) is 1. The molecule has 0 unspecified atom stereocenters. The van der Waals surface area contributed by atoms with Crippen molar-refractivity contribution in [2.75, 3.05) is 0 Å². The topological polar surface area (TPSA) is 59.4 Å². The molecule has 3 rings (SSSR count). The second kappa shape index (κ2) is 5.85. The maximum Gasteiger partial charge on any atom is 0.354 e. The van der Waals surface area contributed by atoms with Gasteiger partial charge < -0.3 is 9.84 Å². The van der Waals surface area contributed by atoms with Crippen LogP contribution in [0.2, 0.25) is 0 Å². The van der Waals surface area contributed by atoms with Crippen molar-refractivity contribution in [3.8, 4) is 5.75 Å². The number of carbonyl (C=O) groups is 1. The van der Waals surface area contributed by atoms with Gasteiger partial charge in [0.05, 0.1) is 5.52 Å². The Labute approximate surface area is 128 Å². The lowest BCUT2D eigenvalue weighted by Crippen LogP contribution is -2.04. The monoisotopic (exact) mass is 293 g/mol. The number of carboxylic acid groups (broad SMARTS) is 1. The van der Waals surface area contributed by atoms with Crippen molar-refractivity contribution in [1.29, 1.82) is 0 Å². The van der Waals surface area contributed by atoms with Crippen LogP contribution in [0.1, 0.15) is 21.6 Å². The number of para-hydroxylation sites is 1. The van der Waals surface area contributed by atoms with Gasteiger partial charge in [-0.1, -0.05) is 36.4 Å². The minimum absolute atomic E-state index is 0.0153. The van der Waals surface area contributed by atoms with E-state index in [-0.39, 0.29) is 5.69 Å². The van der Waals surface area contributed by atoms with Crippen LogP contribution in [0.15, 0.2) is 54.6 Å². The first-order valence-electron chi connectivity index (χ1n) is 6.95. The predicted octanol–water partition coefficient (Wildman–Crippen LogP) is 3.82. The minimum atomic E-state index is -1.06. The third-order valence-corrected chi connectivity index (χ3v) is 3.54. The first-order chi connectivity index (χ1) is 10.6. The molecule has 0 aliphatic heterocycles. The zero-order valence-corrected chi connectivity index (χ0v) is 12.1. The summed E-state index contributed by atoms with van der Waals surface area (Å²) in [6.45, 7) is 2.41. The first-order valence-corrected chi connectivity index (χ1v) is 6.95. The summed E-state index contributed by atoms with van der Waals surface area (Å²) in [5.41, 5.74) is 2.81. The SMILES string of the molecule is Cc1ccccc1COc1cc(C(=O)O)nc2ccccc12. The van der Waals surface area contributed by atoms with Crippen molar-refractivity contribution in [2.45, 2.75) is 13.5 Å². The molecule has 2 aromatic carbocycles. The number of benzene rings is 2. The summed E-state index contributed by atoms with van der Waals surface area (Å²) in [4.78, 5) is 15.3. The van der Waals surface area contributed by atoms with Crippen molar-refractivity contribution in [3.63, 3.8) is 0 Å². The summed E-state index contributed by atoms with van der Waals surface area (Å²) < 4.78 is 5.87. The number of aromatic nitrogens is 1. The van der Waals surface area contributed by atoms with E-state index in [1.54, 1.807) is 6.07 Å². The molecule has 0 amide bonds. The summed E-state index contributed by atoms with van der Waals surface area (Å²) in [7, 11) is 0. The normalized spacial score (nSPS) is 10.6. The van der Waals surface area contributed by atoms with Crippen LogP contribution in [0, 0.1) is 6.92 Å². The van der Waals surface area contributed by atoms with Gasteiger partial charge in [0.2, 0.25) is 0 Å². The largest absolute Gasteiger partial charge is 0.488 e. The number of rotatable bonds is 4. The highest BCUT2D eigenvalue weighted by Gasteiger charge is 2.12. The van der Waals surface area contributed by atoms with Crippen LogP contribution >= 0.6 is 0 Å². The fourth-order valence-electron chi connectivity index (χ4n) is 2.30. The summed E-state index contributed by atoms with van der Waals surface area (Å²) in [5.74, 6) is -0.530. The average molecular weight is 293 g/mol. The van der Waals surface area contributed by atoms with Crippen molar-refractivity contribution in [2.24, 2.45) is 0 Å².